The number of rotatable bonds is 6. The summed E-state index contributed by atoms with van der Waals surface area (Å²) in [5, 5.41) is 7.42. The maximum atomic E-state index is 12.4. The number of carbonyl (C=O) groups excluding carboxylic acids is 2. The molecule has 0 saturated carbocycles. The number of para-hydroxylation sites is 2. The summed E-state index contributed by atoms with van der Waals surface area (Å²) < 4.78 is 6.95. The molecule has 0 aliphatic heterocycles. The van der Waals surface area contributed by atoms with Crippen LogP contribution in [0.4, 0.5) is 5.69 Å². The number of imidazole rings is 1. The molecule has 0 aliphatic rings. The van der Waals surface area contributed by atoms with E-state index < -0.39 is 0 Å². The molecular formula is C17H18N4O3S. The third kappa shape index (κ3) is 3.63. The summed E-state index contributed by atoms with van der Waals surface area (Å²) in [5.74, 6) is 0.151. The molecule has 0 spiro atoms. The first-order chi connectivity index (χ1) is 12.1. The van der Waals surface area contributed by atoms with E-state index in [1.165, 1.54) is 11.3 Å². The number of fused-ring (bicyclic) bond motifs is 1. The quantitative estimate of drug-likeness (QED) is 0.709. The van der Waals surface area contributed by atoms with Gasteiger partial charge in [-0.2, -0.15) is 0 Å². The van der Waals surface area contributed by atoms with E-state index in [4.69, 9.17) is 4.74 Å². The van der Waals surface area contributed by atoms with E-state index in [9.17, 15) is 9.59 Å². The molecule has 0 saturated heterocycles. The second-order valence-corrected chi connectivity index (χ2v) is 6.23. The van der Waals surface area contributed by atoms with Crippen LogP contribution in [-0.4, -0.2) is 34.9 Å². The molecule has 3 aromatic rings. The molecule has 1 aromatic carbocycles. The first-order valence-electron chi connectivity index (χ1n) is 7.73. The zero-order valence-corrected chi connectivity index (χ0v) is 14.7. The number of hydrogen-bond donors (Lipinski definition) is 2. The topological polar surface area (TPSA) is 84.7 Å². The lowest BCUT2D eigenvalue weighted by atomic mass is 10.2. The number of aromatic nitrogens is 2. The Hall–Kier alpha value is -2.87. The fourth-order valence-electron chi connectivity index (χ4n) is 2.50. The molecule has 130 valence electrons. The van der Waals surface area contributed by atoms with Crippen molar-refractivity contribution in [1.29, 1.82) is 0 Å². The Morgan fingerprint density at radius 1 is 1.32 bits per heavy atom. The molecule has 0 bridgehead atoms. The fraction of sp³-hybridized carbons (Fsp3) is 0.235. The Kier molecular flexibility index (Phi) is 4.99. The Morgan fingerprint density at radius 3 is 2.92 bits per heavy atom. The molecule has 0 aliphatic carbocycles. The lowest BCUT2D eigenvalue weighted by Crippen LogP contribution is -2.29. The molecule has 0 unspecified atom stereocenters. The Labute approximate surface area is 148 Å². The highest BCUT2D eigenvalue weighted by molar-refractivity contribution is 7.15. The van der Waals surface area contributed by atoms with Crippen LogP contribution in [-0.2, 0) is 4.79 Å². The van der Waals surface area contributed by atoms with Gasteiger partial charge in [0.1, 0.15) is 11.4 Å². The van der Waals surface area contributed by atoms with Gasteiger partial charge < -0.3 is 15.4 Å². The monoisotopic (exact) mass is 358 g/mol. The number of amides is 2. The summed E-state index contributed by atoms with van der Waals surface area (Å²) in [6.45, 7) is 2.03. The summed E-state index contributed by atoms with van der Waals surface area (Å²) in [5.41, 5.74) is 1.78. The van der Waals surface area contributed by atoms with Crippen molar-refractivity contribution in [2.75, 3.05) is 19.0 Å². The van der Waals surface area contributed by atoms with E-state index in [1.54, 1.807) is 30.6 Å². The van der Waals surface area contributed by atoms with Crippen molar-refractivity contribution in [3.63, 3.8) is 0 Å². The molecule has 2 aromatic heterocycles. The highest BCUT2D eigenvalue weighted by atomic mass is 32.1. The minimum absolute atomic E-state index is 0.161. The molecule has 7 nitrogen and oxygen atoms in total. The molecule has 25 heavy (non-hydrogen) atoms. The van der Waals surface area contributed by atoms with Crippen molar-refractivity contribution >= 4 is 33.8 Å². The number of ether oxygens (including phenoxy) is 1. The predicted octanol–water partition coefficient (Wildman–Crippen LogP) is 2.47. The molecular weight excluding hydrogens is 340 g/mol. The van der Waals surface area contributed by atoms with Gasteiger partial charge in [-0.1, -0.05) is 12.1 Å². The summed E-state index contributed by atoms with van der Waals surface area (Å²) in [7, 11) is 1.55. The largest absolute Gasteiger partial charge is 0.495 e. The number of methoxy groups -OCH3 is 1. The molecule has 3 rings (SSSR count). The maximum Gasteiger partial charge on any atom is 0.270 e. The zero-order chi connectivity index (χ0) is 17.8. The molecule has 0 fully saturated rings. The Bertz CT molecular complexity index is 916. The van der Waals surface area contributed by atoms with Crippen molar-refractivity contribution in [1.82, 2.24) is 14.7 Å². The van der Waals surface area contributed by atoms with Gasteiger partial charge in [0.15, 0.2) is 4.96 Å². The minimum Gasteiger partial charge on any atom is -0.495 e. The van der Waals surface area contributed by atoms with Crippen LogP contribution in [0.3, 0.4) is 0 Å². The first-order valence-corrected chi connectivity index (χ1v) is 8.61. The van der Waals surface area contributed by atoms with Gasteiger partial charge in [-0.15, -0.1) is 11.3 Å². The maximum absolute atomic E-state index is 12.4. The Balaban J connectivity index is 1.55. The van der Waals surface area contributed by atoms with Crippen LogP contribution in [0.15, 0.2) is 35.8 Å². The van der Waals surface area contributed by atoms with Crippen molar-refractivity contribution in [2.45, 2.75) is 13.3 Å². The molecule has 2 heterocycles. The van der Waals surface area contributed by atoms with E-state index in [0.717, 1.165) is 4.96 Å². The number of benzene rings is 1. The van der Waals surface area contributed by atoms with E-state index in [2.05, 4.69) is 15.6 Å². The van der Waals surface area contributed by atoms with Gasteiger partial charge in [0.05, 0.1) is 18.5 Å². The number of carbonyl (C=O) groups is 2. The van der Waals surface area contributed by atoms with Gasteiger partial charge in [-0.25, -0.2) is 4.98 Å². The van der Waals surface area contributed by atoms with Crippen LogP contribution in [0.1, 0.15) is 22.6 Å². The lowest BCUT2D eigenvalue weighted by Gasteiger charge is -2.10. The van der Waals surface area contributed by atoms with Crippen LogP contribution in [0.25, 0.3) is 4.96 Å². The number of anilines is 1. The third-order valence-corrected chi connectivity index (χ3v) is 4.43. The average Bonchev–Trinajstić information content (AvgIpc) is 3.15. The first kappa shape index (κ1) is 17.0. The molecule has 0 radical (unpaired) electrons. The molecule has 2 N–H and O–H groups in total. The lowest BCUT2D eigenvalue weighted by molar-refractivity contribution is -0.116. The van der Waals surface area contributed by atoms with Crippen molar-refractivity contribution in [3.05, 3.63) is 47.2 Å². The summed E-state index contributed by atoms with van der Waals surface area (Å²) in [6.07, 6.45) is 1.97. The van der Waals surface area contributed by atoms with E-state index in [1.807, 2.05) is 23.7 Å². The minimum atomic E-state index is -0.242. The van der Waals surface area contributed by atoms with Crippen LogP contribution < -0.4 is 15.4 Å². The third-order valence-electron chi connectivity index (χ3n) is 3.67. The zero-order valence-electron chi connectivity index (χ0n) is 13.9. The number of thiazole rings is 1. The molecule has 2 amide bonds. The van der Waals surface area contributed by atoms with E-state index in [-0.39, 0.29) is 24.8 Å². The summed E-state index contributed by atoms with van der Waals surface area (Å²) >= 11 is 1.47. The number of nitrogens with zero attached hydrogens (tertiary/aromatic N) is 2. The average molecular weight is 358 g/mol. The highest BCUT2D eigenvalue weighted by Crippen LogP contribution is 2.23. The smallest absolute Gasteiger partial charge is 0.270 e. The summed E-state index contributed by atoms with van der Waals surface area (Å²) in [6, 6.07) is 7.17. The standard InChI is InChI=1S/C17H18N4O3S/c1-11-15(21-9-10-25-17(21)19-11)16(23)18-8-7-14(22)20-12-5-3-4-6-13(12)24-2/h3-6,9-10H,7-8H2,1-2H3,(H,18,23)(H,20,22). The normalized spacial score (nSPS) is 10.6. The van der Waals surface area contributed by atoms with Gasteiger partial charge in [0, 0.05) is 24.5 Å². The second-order valence-electron chi connectivity index (χ2n) is 5.36. The van der Waals surface area contributed by atoms with Gasteiger partial charge in [-0.05, 0) is 19.1 Å². The number of aryl methyl sites for hydroxylation is 1. The SMILES string of the molecule is COc1ccccc1NC(=O)CCNC(=O)c1c(C)nc2sccn12. The number of hydrogen-bond acceptors (Lipinski definition) is 5. The van der Waals surface area contributed by atoms with Crippen molar-refractivity contribution < 1.29 is 14.3 Å². The van der Waals surface area contributed by atoms with Gasteiger partial charge in [0.25, 0.3) is 5.91 Å². The Morgan fingerprint density at radius 2 is 2.12 bits per heavy atom. The van der Waals surface area contributed by atoms with Gasteiger partial charge >= 0.3 is 0 Å². The predicted molar refractivity (Wildman–Crippen MR) is 96.4 cm³/mol. The van der Waals surface area contributed by atoms with Crippen LogP contribution in [0.2, 0.25) is 0 Å². The van der Waals surface area contributed by atoms with E-state index in [0.29, 0.717) is 22.8 Å². The second kappa shape index (κ2) is 7.35. The van der Waals surface area contributed by atoms with Crippen molar-refractivity contribution in [2.24, 2.45) is 0 Å². The van der Waals surface area contributed by atoms with Crippen LogP contribution in [0.5, 0.6) is 5.75 Å². The van der Waals surface area contributed by atoms with Gasteiger partial charge in [-0.3, -0.25) is 14.0 Å². The van der Waals surface area contributed by atoms with Crippen LogP contribution in [0, 0.1) is 6.92 Å². The highest BCUT2D eigenvalue weighted by Gasteiger charge is 2.17. The number of nitrogens with one attached hydrogen (secondary N) is 2. The molecule has 8 heteroatoms. The van der Waals surface area contributed by atoms with E-state index >= 15 is 0 Å². The van der Waals surface area contributed by atoms with Crippen LogP contribution >= 0.6 is 11.3 Å². The summed E-state index contributed by atoms with van der Waals surface area (Å²) in [4.78, 5) is 29.5. The fourth-order valence-corrected chi connectivity index (χ4v) is 3.26. The molecule has 0 atom stereocenters. The van der Waals surface area contributed by atoms with Crippen molar-refractivity contribution in [3.8, 4) is 5.75 Å². The van der Waals surface area contributed by atoms with Gasteiger partial charge in [0.2, 0.25) is 5.91 Å².